The summed E-state index contributed by atoms with van der Waals surface area (Å²) in [7, 11) is 2.04. The van der Waals surface area contributed by atoms with Crippen molar-refractivity contribution in [3.63, 3.8) is 0 Å². The van der Waals surface area contributed by atoms with E-state index in [0.29, 0.717) is 12.2 Å². The largest absolute Gasteiger partial charge is 0.383 e. The van der Waals surface area contributed by atoms with Crippen LogP contribution in [0, 0.1) is 0 Å². The zero-order valence-corrected chi connectivity index (χ0v) is 10.7. The molecule has 3 rings (SSSR count). The maximum Gasteiger partial charge on any atom is 0.221 e. The van der Waals surface area contributed by atoms with E-state index in [9.17, 15) is 0 Å². The number of para-hydroxylation sites is 1. The van der Waals surface area contributed by atoms with Crippen LogP contribution in [0.2, 0.25) is 0 Å². The van der Waals surface area contributed by atoms with Crippen molar-refractivity contribution in [2.45, 2.75) is 6.42 Å². The van der Waals surface area contributed by atoms with Crippen molar-refractivity contribution in [2.75, 3.05) is 11.5 Å². The molecule has 19 heavy (non-hydrogen) atoms. The van der Waals surface area contributed by atoms with Gasteiger partial charge in [0, 0.05) is 42.3 Å². The molecule has 0 radical (unpaired) electrons. The molecule has 3 aromatic rings. The topological polar surface area (TPSA) is 82.8 Å². The molecule has 0 aliphatic carbocycles. The van der Waals surface area contributed by atoms with E-state index < -0.39 is 0 Å². The second-order valence-corrected chi connectivity index (χ2v) is 4.60. The van der Waals surface area contributed by atoms with Crippen molar-refractivity contribution < 1.29 is 0 Å². The Morgan fingerprint density at radius 2 is 1.95 bits per heavy atom. The van der Waals surface area contributed by atoms with Crippen molar-refractivity contribution in [1.29, 1.82) is 0 Å². The summed E-state index contributed by atoms with van der Waals surface area (Å²) in [5.74, 6) is 0.652. The van der Waals surface area contributed by atoms with Crippen molar-refractivity contribution in [1.82, 2.24) is 14.5 Å². The van der Waals surface area contributed by atoms with Crippen LogP contribution in [0.15, 0.2) is 36.7 Å². The molecule has 0 aliphatic rings. The fourth-order valence-electron chi connectivity index (χ4n) is 2.34. The Hall–Kier alpha value is -2.56. The third kappa shape index (κ3) is 1.99. The number of fused-ring (bicyclic) bond motifs is 1. The molecule has 5 heteroatoms. The van der Waals surface area contributed by atoms with Gasteiger partial charge in [0.1, 0.15) is 5.82 Å². The Morgan fingerprint density at radius 1 is 1.16 bits per heavy atom. The molecule has 2 heterocycles. The summed E-state index contributed by atoms with van der Waals surface area (Å²) in [5.41, 5.74) is 14.7. The first kappa shape index (κ1) is 11.5. The zero-order chi connectivity index (χ0) is 13.4. The first-order valence-corrected chi connectivity index (χ1v) is 6.05. The Balaban J connectivity index is 2.06. The molecule has 1 aromatic carbocycles. The number of nitrogen functional groups attached to an aromatic ring is 2. The molecule has 0 saturated heterocycles. The molecular formula is C14H15N5. The summed E-state index contributed by atoms with van der Waals surface area (Å²) in [4.78, 5) is 8.00. The van der Waals surface area contributed by atoms with Gasteiger partial charge in [-0.25, -0.2) is 4.98 Å². The number of nitrogens with zero attached hydrogens (tertiary/aromatic N) is 3. The normalized spacial score (nSPS) is 11.0. The molecular weight excluding hydrogens is 238 g/mol. The number of aryl methyl sites for hydroxylation is 1. The number of rotatable bonds is 2. The fraction of sp³-hybridized carbons (Fsp3) is 0.143. The minimum absolute atomic E-state index is 0.208. The molecule has 0 saturated carbocycles. The van der Waals surface area contributed by atoms with Gasteiger partial charge in [-0.1, -0.05) is 18.2 Å². The average Bonchev–Trinajstić information content (AvgIpc) is 2.71. The minimum atomic E-state index is 0.208. The first-order chi connectivity index (χ1) is 9.15. The van der Waals surface area contributed by atoms with Crippen LogP contribution in [0.3, 0.4) is 0 Å². The maximum atomic E-state index is 5.88. The van der Waals surface area contributed by atoms with Gasteiger partial charge in [-0.3, -0.25) is 0 Å². The molecule has 96 valence electrons. The van der Waals surface area contributed by atoms with Gasteiger partial charge in [0.05, 0.1) is 0 Å². The highest BCUT2D eigenvalue weighted by molar-refractivity contribution is 5.84. The standard InChI is InChI=1S/C14H15N5/c1-19-8-10(11-4-2-3-5-12(11)19)6-9-7-17-14(16)18-13(9)15/h2-5,7-8H,6H2,1H3,(H4,15,16,17,18). The van der Waals surface area contributed by atoms with Crippen molar-refractivity contribution in [3.8, 4) is 0 Å². The number of nitrogens with two attached hydrogens (primary N) is 2. The van der Waals surface area contributed by atoms with Crippen LogP contribution < -0.4 is 11.5 Å². The highest BCUT2D eigenvalue weighted by atomic mass is 15.0. The van der Waals surface area contributed by atoms with Crippen LogP contribution in [0.1, 0.15) is 11.1 Å². The third-order valence-electron chi connectivity index (χ3n) is 3.28. The summed E-state index contributed by atoms with van der Waals surface area (Å²) in [6.45, 7) is 0. The molecule has 0 amide bonds. The molecule has 0 fully saturated rings. The first-order valence-electron chi connectivity index (χ1n) is 6.05. The predicted molar refractivity (Wildman–Crippen MR) is 76.6 cm³/mol. The van der Waals surface area contributed by atoms with E-state index in [2.05, 4.69) is 32.9 Å². The number of aromatic nitrogens is 3. The Labute approximate surface area is 110 Å². The number of anilines is 2. The van der Waals surface area contributed by atoms with Crippen molar-refractivity contribution in [2.24, 2.45) is 7.05 Å². The van der Waals surface area contributed by atoms with Crippen molar-refractivity contribution >= 4 is 22.7 Å². The number of hydrogen-bond donors (Lipinski definition) is 2. The van der Waals surface area contributed by atoms with Crippen LogP contribution in [0.4, 0.5) is 11.8 Å². The van der Waals surface area contributed by atoms with Gasteiger partial charge in [-0.2, -0.15) is 4.98 Å². The number of benzene rings is 1. The summed E-state index contributed by atoms with van der Waals surface area (Å²) >= 11 is 0. The van der Waals surface area contributed by atoms with Gasteiger partial charge in [0.2, 0.25) is 5.95 Å². The second kappa shape index (κ2) is 4.28. The summed E-state index contributed by atoms with van der Waals surface area (Å²) in [6.07, 6.45) is 4.51. The van der Waals surface area contributed by atoms with Crippen LogP contribution in [-0.2, 0) is 13.5 Å². The Bertz CT molecular complexity index is 745. The SMILES string of the molecule is Cn1cc(Cc2cnc(N)nc2N)c2ccccc21. The summed E-state index contributed by atoms with van der Waals surface area (Å²) in [5, 5.41) is 1.22. The van der Waals surface area contributed by atoms with Gasteiger partial charge in [-0.15, -0.1) is 0 Å². The van der Waals surface area contributed by atoms with Gasteiger partial charge >= 0.3 is 0 Å². The number of hydrogen-bond acceptors (Lipinski definition) is 4. The quantitative estimate of drug-likeness (QED) is 0.728. The van der Waals surface area contributed by atoms with Crippen LogP contribution in [-0.4, -0.2) is 14.5 Å². The second-order valence-electron chi connectivity index (χ2n) is 4.60. The highest BCUT2D eigenvalue weighted by Gasteiger charge is 2.09. The monoisotopic (exact) mass is 253 g/mol. The molecule has 0 aliphatic heterocycles. The minimum Gasteiger partial charge on any atom is -0.383 e. The lowest BCUT2D eigenvalue weighted by atomic mass is 10.1. The lowest BCUT2D eigenvalue weighted by Crippen LogP contribution is -2.03. The van der Waals surface area contributed by atoms with Gasteiger partial charge in [-0.05, 0) is 11.6 Å². The smallest absolute Gasteiger partial charge is 0.221 e. The molecule has 5 nitrogen and oxygen atoms in total. The lowest BCUT2D eigenvalue weighted by Gasteiger charge is -2.04. The van der Waals surface area contributed by atoms with E-state index in [4.69, 9.17) is 11.5 Å². The molecule has 0 bridgehead atoms. The molecule has 0 spiro atoms. The van der Waals surface area contributed by atoms with E-state index >= 15 is 0 Å². The summed E-state index contributed by atoms with van der Waals surface area (Å²) in [6, 6.07) is 8.28. The summed E-state index contributed by atoms with van der Waals surface area (Å²) < 4.78 is 2.11. The molecule has 0 unspecified atom stereocenters. The Morgan fingerprint density at radius 3 is 2.74 bits per heavy atom. The highest BCUT2D eigenvalue weighted by Crippen LogP contribution is 2.24. The molecule has 0 atom stereocenters. The van der Waals surface area contributed by atoms with E-state index in [1.807, 2.05) is 19.2 Å². The van der Waals surface area contributed by atoms with Crippen molar-refractivity contribution in [3.05, 3.63) is 47.8 Å². The van der Waals surface area contributed by atoms with Gasteiger partial charge < -0.3 is 16.0 Å². The Kier molecular flexibility index (Phi) is 2.59. The van der Waals surface area contributed by atoms with E-state index in [-0.39, 0.29) is 5.95 Å². The average molecular weight is 253 g/mol. The fourth-order valence-corrected chi connectivity index (χ4v) is 2.34. The van der Waals surface area contributed by atoms with Gasteiger partial charge in [0.15, 0.2) is 0 Å². The van der Waals surface area contributed by atoms with Gasteiger partial charge in [0.25, 0.3) is 0 Å². The van der Waals surface area contributed by atoms with E-state index in [1.165, 1.54) is 16.5 Å². The van der Waals surface area contributed by atoms with E-state index in [0.717, 1.165) is 5.56 Å². The zero-order valence-electron chi connectivity index (χ0n) is 10.7. The predicted octanol–water partition coefficient (Wildman–Crippen LogP) is 1.72. The van der Waals surface area contributed by atoms with E-state index in [1.54, 1.807) is 6.20 Å². The van der Waals surface area contributed by atoms with Crippen LogP contribution >= 0.6 is 0 Å². The lowest BCUT2D eigenvalue weighted by molar-refractivity contribution is 0.956. The third-order valence-corrected chi connectivity index (χ3v) is 3.28. The van der Waals surface area contributed by atoms with Crippen LogP contribution in [0.5, 0.6) is 0 Å². The van der Waals surface area contributed by atoms with Crippen LogP contribution in [0.25, 0.3) is 10.9 Å². The molecule has 4 N–H and O–H groups in total. The maximum absolute atomic E-state index is 5.88. The molecule has 2 aromatic heterocycles.